The molecule has 2 rings (SSSR count). The molecule has 0 heterocycles. The molecule has 0 aliphatic rings. The number of aliphatic carboxylic acids is 1. The van der Waals surface area contributed by atoms with Gasteiger partial charge in [-0.3, -0.25) is 4.79 Å². The van der Waals surface area contributed by atoms with E-state index in [-0.39, 0.29) is 0 Å². The van der Waals surface area contributed by atoms with Crippen molar-refractivity contribution in [2.24, 2.45) is 0 Å². The number of methoxy groups -OCH3 is 1. The maximum Gasteiger partial charge on any atom is 0.311 e. The second kappa shape index (κ2) is 7.12. The first kappa shape index (κ1) is 16.1. The fraction of sp³-hybridized carbons (Fsp3) is 0.316. The Morgan fingerprint density at radius 2 is 1.77 bits per heavy atom. The van der Waals surface area contributed by atoms with Gasteiger partial charge in [0.2, 0.25) is 0 Å². The smallest absolute Gasteiger partial charge is 0.311 e. The molecule has 3 heteroatoms. The second-order valence-corrected chi connectivity index (χ2v) is 5.73. The van der Waals surface area contributed by atoms with Gasteiger partial charge in [0.25, 0.3) is 0 Å². The van der Waals surface area contributed by atoms with Gasteiger partial charge in [-0.05, 0) is 35.1 Å². The normalized spacial score (nSPS) is 12.2. The van der Waals surface area contributed by atoms with E-state index in [0.717, 1.165) is 16.9 Å². The van der Waals surface area contributed by atoms with Gasteiger partial charge in [0.15, 0.2) is 0 Å². The van der Waals surface area contributed by atoms with E-state index in [0.29, 0.717) is 12.3 Å². The molecule has 0 aliphatic heterocycles. The summed E-state index contributed by atoms with van der Waals surface area (Å²) in [7, 11) is 1.62. The number of carboxylic acid groups (broad SMARTS) is 1. The van der Waals surface area contributed by atoms with Crippen molar-refractivity contribution >= 4 is 5.97 Å². The lowest BCUT2D eigenvalue weighted by Crippen LogP contribution is -2.15. The zero-order valence-electron chi connectivity index (χ0n) is 13.2. The van der Waals surface area contributed by atoms with Gasteiger partial charge in [-0.25, -0.2) is 0 Å². The Labute approximate surface area is 131 Å². The number of carbonyl (C=O) groups is 1. The van der Waals surface area contributed by atoms with Gasteiger partial charge in [0, 0.05) is 0 Å². The fourth-order valence-electron chi connectivity index (χ4n) is 2.57. The number of rotatable bonds is 6. The molecular formula is C19H22O3. The van der Waals surface area contributed by atoms with Crippen molar-refractivity contribution in [3.05, 3.63) is 65.2 Å². The molecule has 2 aromatic rings. The van der Waals surface area contributed by atoms with Crippen LogP contribution in [-0.4, -0.2) is 18.2 Å². The molecule has 2 aromatic carbocycles. The number of hydrogen-bond donors (Lipinski definition) is 1. The highest BCUT2D eigenvalue weighted by molar-refractivity contribution is 5.76. The summed E-state index contributed by atoms with van der Waals surface area (Å²) >= 11 is 0. The highest BCUT2D eigenvalue weighted by Gasteiger charge is 2.22. The Bertz CT molecular complexity index is 632. The van der Waals surface area contributed by atoms with Crippen molar-refractivity contribution in [2.45, 2.75) is 32.1 Å². The molecule has 0 spiro atoms. The maximum atomic E-state index is 11.7. The van der Waals surface area contributed by atoms with Gasteiger partial charge in [-0.1, -0.05) is 56.3 Å². The molecule has 22 heavy (non-hydrogen) atoms. The lowest BCUT2D eigenvalue weighted by atomic mass is 9.90. The third kappa shape index (κ3) is 3.67. The van der Waals surface area contributed by atoms with E-state index < -0.39 is 11.9 Å². The Morgan fingerprint density at radius 3 is 2.32 bits per heavy atom. The van der Waals surface area contributed by atoms with E-state index >= 15 is 0 Å². The van der Waals surface area contributed by atoms with Crippen LogP contribution >= 0.6 is 0 Å². The summed E-state index contributed by atoms with van der Waals surface area (Å²) in [6.07, 6.45) is 0.420. The minimum absolute atomic E-state index is 0.393. The fourth-order valence-corrected chi connectivity index (χ4v) is 2.57. The third-order valence-corrected chi connectivity index (χ3v) is 3.90. The van der Waals surface area contributed by atoms with Gasteiger partial charge in [0.1, 0.15) is 5.75 Å². The van der Waals surface area contributed by atoms with E-state index in [1.807, 2.05) is 42.5 Å². The summed E-state index contributed by atoms with van der Waals surface area (Å²) in [5.74, 6) is -0.253. The van der Waals surface area contributed by atoms with E-state index in [9.17, 15) is 9.90 Å². The zero-order chi connectivity index (χ0) is 16.1. The molecular weight excluding hydrogens is 276 g/mol. The molecule has 0 saturated carbocycles. The van der Waals surface area contributed by atoms with Crippen LogP contribution in [0, 0.1) is 0 Å². The van der Waals surface area contributed by atoms with Gasteiger partial charge in [0.05, 0.1) is 13.0 Å². The predicted octanol–water partition coefficient (Wildman–Crippen LogP) is 4.23. The first-order valence-electron chi connectivity index (χ1n) is 7.47. The zero-order valence-corrected chi connectivity index (χ0v) is 13.2. The minimum atomic E-state index is -0.816. The monoisotopic (exact) mass is 298 g/mol. The summed E-state index contributed by atoms with van der Waals surface area (Å²) in [5.41, 5.74) is 2.94. The molecule has 116 valence electrons. The first-order chi connectivity index (χ1) is 10.5. The van der Waals surface area contributed by atoms with Crippen molar-refractivity contribution < 1.29 is 14.6 Å². The van der Waals surface area contributed by atoms with Crippen molar-refractivity contribution in [3.63, 3.8) is 0 Å². The highest BCUT2D eigenvalue weighted by atomic mass is 16.5. The van der Waals surface area contributed by atoms with Crippen molar-refractivity contribution in [2.75, 3.05) is 7.11 Å². The number of ether oxygens (including phenoxy) is 1. The van der Waals surface area contributed by atoms with E-state index in [4.69, 9.17) is 4.74 Å². The molecule has 0 saturated heterocycles. The second-order valence-electron chi connectivity index (χ2n) is 5.73. The van der Waals surface area contributed by atoms with Crippen LogP contribution in [0.25, 0.3) is 0 Å². The predicted molar refractivity (Wildman–Crippen MR) is 87.6 cm³/mol. The lowest BCUT2D eigenvalue weighted by molar-refractivity contribution is -0.138. The topological polar surface area (TPSA) is 46.5 Å². The average molecular weight is 298 g/mol. The molecule has 0 aromatic heterocycles. The summed E-state index contributed by atoms with van der Waals surface area (Å²) in [6.45, 7) is 4.24. The first-order valence-corrected chi connectivity index (χ1v) is 7.47. The van der Waals surface area contributed by atoms with Crippen molar-refractivity contribution in [1.29, 1.82) is 0 Å². The molecule has 0 bridgehead atoms. The molecule has 0 aliphatic carbocycles. The Hall–Kier alpha value is -2.29. The van der Waals surface area contributed by atoms with Crippen LogP contribution in [0.2, 0.25) is 0 Å². The standard InChI is InChI=1S/C19H22O3/c1-13(2)15-9-10-18(22-3)16(11-15)12-17(19(20)21)14-7-5-4-6-8-14/h4-11,13,17H,12H2,1-3H3,(H,20,21). The lowest BCUT2D eigenvalue weighted by Gasteiger charge is -2.17. The molecule has 0 radical (unpaired) electrons. The van der Waals surface area contributed by atoms with E-state index in [1.165, 1.54) is 5.56 Å². The largest absolute Gasteiger partial charge is 0.496 e. The summed E-state index contributed by atoms with van der Waals surface area (Å²) in [4.78, 5) is 11.7. The number of hydrogen-bond acceptors (Lipinski definition) is 2. The Morgan fingerprint density at radius 1 is 1.09 bits per heavy atom. The molecule has 0 amide bonds. The number of carboxylic acids is 1. The van der Waals surface area contributed by atoms with Crippen LogP contribution < -0.4 is 4.74 Å². The van der Waals surface area contributed by atoms with Crippen molar-refractivity contribution in [3.8, 4) is 5.75 Å². The Balaban J connectivity index is 2.37. The summed E-state index contributed by atoms with van der Waals surface area (Å²) in [6, 6.07) is 15.4. The molecule has 1 unspecified atom stereocenters. The maximum absolute atomic E-state index is 11.7. The van der Waals surface area contributed by atoms with Crippen LogP contribution in [0.3, 0.4) is 0 Å². The van der Waals surface area contributed by atoms with Crippen LogP contribution in [-0.2, 0) is 11.2 Å². The third-order valence-electron chi connectivity index (χ3n) is 3.90. The molecule has 1 atom stereocenters. The van der Waals surface area contributed by atoms with Gasteiger partial charge in [-0.15, -0.1) is 0 Å². The van der Waals surface area contributed by atoms with Crippen LogP contribution in [0.1, 0.15) is 42.4 Å². The van der Waals surface area contributed by atoms with E-state index in [2.05, 4.69) is 19.9 Å². The molecule has 1 N–H and O–H groups in total. The quantitative estimate of drug-likeness (QED) is 0.868. The molecule has 3 nitrogen and oxygen atoms in total. The number of benzene rings is 2. The van der Waals surface area contributed by atoms with Crippen LogP contribution in [0.5, 0.6) is 5.75 Å². The van der Waals surface area contributed by atoms with Crippen LogP contribution in [0.15, 0.2) is 48.5 Å². The van der Waals surface area contributed by atoms with E-state index in [1.54, 1.807) is 7.11 Å². The van der Waals surface area contributed by atoms with Gasteiger partial charge in [-0.2, -0.15) is 0 Å². The molecule has 0 fully saturated rings. The van der Waals surface area contributed by atoms with Gasteiger partial charge >= 0.3 is 5.97 Å². The van der Waals surface area contributed by atoms with Gasteiger partial charge < -0.3 is 9.84 Å². The summed E-state index contributed by atoms with van der Waals surface area (Å²) < 4.78 is 5.40. The Kier molecular flexibility index (Phi) is 5.21. The average Bonchev–Trinajstić information content (AvgIpc) is 2.52. The summed E-state index contributed by atoms with van der Waals surface area (Å²) in [5, 5.41) is 9.59. The van der Waals surface area contributed by atoms with Crippen LogP contribution in [0.4, 0.5) is 0 Å². The van der Waals surface area contributed by atoms with Crippen molar-refractivity contribution in [1.82, 2.24) is 0 Å². The minimum Gasteiger partial charge on any atom is -0.496 e. The highest BCUT2D eigenvalue weighted by Crippen LogP contribution is 2.29. The SMILES string of the molecule is COc1ccc(C(C)C)cc1CC(C(=O)O)c1ccccc1.